The largest absolute Gasteiger partial charge is 0.364 e. The number of fused-ring (bicyclic) bond motifs is 1. The van der Waals surface area contributed by atoms with E-state index in [1.54, 1.807) is 6.26 Å². The lowest BCUT2D eigenvalue weighted by Crippen LogP contribution is -2.52. The van der Waals surface area contributed by atoms with Crippen LogP contribution >= 0.6 is 0 Å². The van der Waals surface area contributed by atoms with E-state index < -0.39 is 10.0 Å². The van der Waals surface area contributed by atoms with Crippen LogP contribution in [0.5, 0.6) is 0 Å². The zero-order valence-electron chi connectivity index (χ0n) is 17.9. The number of aliphatic imine (C=N–C) groups is 1. The number of nitrogens with one attached hydrogen (secondary N) is 1. The molecule has 0 amide bonds. The smallest absolute Gasteiger partial charge is 0.237 e. The lowest BCUT2D eigenvalue weighted by Gasteiger charge is -2.36. The highest BCUT2D eigenvalue weighted by Gasteiger charge is 2.29. The van der Waals surface area contributed by atoms with Gasteiger partial charge in [0.15, 0.2) is 5.96 Å². The summed E-state index contributed by atoms with van der Waals surface area (Å²) in [6.45, 7) is 7.72. The van der Waals surface area contributed by atoms with Crippen molar-refractivity contribution >= 4 is 21.7 Å². The summed E-state index contributed by atoms with van der Waals surface area (Å²) in [4.78, 5) is 9.15. The first-order chi connectivity index (χ1) is 15.1. The molecule has 9 nitrogen and oxygen atoms in total. The number of para-hydroxylation sites is 1. The zero-order valence-corrected chi connectivity index (χ0v) is 18.7. The van der Waals surface area contributed by atoms with Crippen LogP contribution in [0, 0.1) is 0 Å². The number of sulfonamides is 1. The Labute approximate surface area is 183 Å². The Morgan fingerprint density at radius 1 is 1.16 bits per heavy atom. The zero-order chi connectivity index (χ0) is 21.7. The van der Waals surface area contributed by atoms with Crippen molar-refractivity contribution in [3.63, 3.8) is 0 Å². The standard InChI is InChI=1S/C21H30N6O3S/c1-2-22-21(26-13-11-25(12-14-26)17-19-8-15-30-24-19)23-9-16-31(28,29)27-10-7-18-5-3-4-6-20(18)27/h3-6,8,15H,2,7,9-14,16-17H2,1H3,(H,22,23). The van der Waals surface area contributed by atoms with Gasteiger partial charge in [0.05, 0.1) is 23.7 Å². The second-order valence-corrected chi connectivity index (χ2v) is 9.77. The summed E-state index contributed by atoms with van der Waals surface area (Å²) in [5, 5.41) is 7.28. The van der Waals surface area contributed by atoms with Crippen LogP contribution in [0.25, 0.3) is 0 Å². The van der Waals surface area contributed by atoms with Gasteiger partial charge < -0.3 is 14.7 Å². The van der Waals surface area contributed by atoms with Crippen molar-refractivity contribution in [3.8, 4) is 0 Å². The van der Waals surface area contributed by atoms with Crippen LogP contribution in [0.3, 0.4) is 0 Å². The molecule has 0 spiro atoms. The van der Waals surface area contributed by atoms with Crippen molar-refractivity contribution in [2.24, 2.45) is 4.99 Å². The molecule has 2 aliphatic rings. The van der Waals surface area contributed by atoms with Gasteiger partial charge in [-0.2, -0.15) is 0 Å². The third kappa shape index (κ3) is 5.19. The molecule has 1 N–H and O–H groups in total. The van der Waals surface area contributed by atoms with Crippen LogP contribution in [0.2, 0.25) is 0 Å². The predicted molar refractivity (Wildman–Crippen MR) is 121 cm³/mol. The SMILES string of the molecule is CCNC(=NCCS(=O)(=O)N1CCc2ccccc21)N1CCN(Cc2ccon2)CC1. The Morgan fingerprint density at radius 3 is 2.71 bits per heavy atom. The molecule has 1 fully saturated rings. The van der Waals surface area contributed by atoms with Gasteiger partial charge in [-0.15, -0.1) is 0 Å². The van der Waals surface area contributed by atoms with Gasteiger partial charge in [0, 0.05) is 51.9 Å². The number of piperazine rings is 1. The number of guanidine groups is 1. The maximum Gasteiger partial charge on any atom is 0.237 e. The molecule has 1 saturated heterocycles. The Hall–Kier alpha value is -2.59. The molecule has 0 atom stereocenters. The summed E-state index contributed by atoms with van der Waals surface area (Å²) in [6, 6.07) is 9.60. The highest BCUT2D eigenvalue weighted by molar-refractivity contribution is 7.92. The van der Waals surface area contributed by atoms with E-state index in [1.165, 1.54) is 4.31 Å². The minimum Gasteiger partial charge on any atom is -0.364 e. The van der Waals surface area contributed by atoms with E-state index in [1.807, 2.05) is 37.3 Å². The number of benzene rings is 1. The fourth-order valence-electron chi connectivity index (χ4n) is 4.07. The quantitative estimate of drug-likeness (QED) is 0.504. The molecule has 10 heteroatoms. The van der Waals surface area contributed by atoms with Gasteiger partial charge in [-0.3, -0.25) is 14.2 Å². The number of rotatable bonds is 7. The number of hydrogen-bond donors (Lipinski definition) is 1. The maximum atomic E-state index is 12.9. The van der Waals surface area contributed by atoms with Crippen LogP contribution in [0.4, 0.5) is 5.69 Å². The molecule has 0 saturated carbocycles. The summed E-state index contributed by atoms with van der Waals surface area (Å²) < 4.78 is 32.3. The number of nitrogens with zero attached hydrogens (tertiary/aromatic N) is 5. The second kappa shape index (κ2) is 9.69. The van der Waals surface area contributed by atoms with E-state index in [0.717, 1.165) is 68.6 Å². The van der Waals surface area contributed by atoms with Gasteiger partial charge in [-0.1, -0.05) is 23.4 Å². The van der Waals surface area contributed by atoms with Gasteiger partial charge in [-0.05, 0) is 25.0 Å². The Balaban J connectivity index is 1.33. The van der Waals surface area contributed by atoms with Gasteiger partial charge in [0.25, 0.3) is 0 Å². The fourth-order valence-corrected chi connectivity index (χ4v) is 5.46. The van der Waals surface area contributed by atoms with Crippen molar-refractivity contribution in [1.29, 1.82) is 0 Å². The molecule has 0 aliphatic carbocycles. The Bertz CT molecular complexity index is 984. The molecule has 0 unspecified atom stereocenters. The first-order valence-corrected chi connectivity index (χ1v) is 12.4. The van der Waals surface area contributed by atoms with Crippen LogP contribution in [0.1, 0.15) is 18.2 Å². The van der Waals surface area contributed by atoms with Crippen molar-refractivity contribution in [2.75, 3.05) is 55.9 Å². The molecule has 1 aromatic carbocycles. The summed E-state index contributed by atoms with van der Waals surface area (Å²) in [5.41, 5.74) is 2.83. The highest BCUT2D eigenvalue weighted by atomic mass is 32.2. The second-order valence-electron chi connectivity index (χ2n) is 7.76. The Kier molecular flexibility index (Phi) is 6.77. The summed E-state index contributed by atoms with van der Waals surface area (Å²) >= 11 is 0. The maximum absolute atomic E-state index is 12.9. The van der Waals surface area contributed by atoms with Crippen LogP contribution < -0.4 is 9.62 Å². The number of anilines is 1. The van der Waals surface area contributed by atoms with E-state index in [0.29, 0.717) is 6.54 Å². The average Bonchev–Trinajstić information content (AvgIpc) is 3.44. The normalized spacial score (nSPS) is 17.8. The minimum absolute atomic E-state index is 0.00233. The van der Waals surface area contributed by atoms with Gasteiger partial charge in [0.2, 0.25) is 10.0 Å². The monoisotopic (exact) mass is 446 g/mol. The third-order valence-corrected chi connectivity index (χ3v) is 7.42. The predicted octanol–water partition coefficient (Wildman–Crippen LogP) is 1.15. The van der Waals surface area contributed by atoms with Gasteiger partial charge >= 0.3 is 0 Å². The van der Waals surface area contributed by atoms with E-state index in [4.69, 9.17) is 4.52 Å². The average molecular weight is 447 g/mol. The molecule has 3 heterocycles. The molecule has 1 aromatic heterocycles. The first-order valence-electron chi connectivity index (χ1n) is 10.8. The fraction of sp³-hybridized carbons (Fsp3) is 0.524. The molecule has 4 rings (SSSR count). The van der Waals surface area contributed by atoms with Gasteiger partial charge in [-0.25, -0.2) is 8.42 Å². The minimum atomic E-state index is -3.40. The van der Waals surface area contributed by atoms with E-state index in [2.05, 4.69) is 25.3 Å². The van der Waals surface area contributed by atoms with E-state index in [-0.39, 0.29) is 12.3 Å². The number of aromatic nitrogens is 1. The summed E-state index contributed by atoms with van der Waals surface area (Å²) in [6.07, 6.45) is 2.36. The molecule has 2 aliphatic heterocycles. The Morgan fingerprint density at radius 2 is 1.97 bits per heavy atom. The lowest BCUT2D eigenvalue weighted by atomic mass is 10.2. The van der Waals surface area contributed by atoms with Crippen molar-refractivity contribution in [2.45, 2.75) is 19.9 Å². The molecular formula is C21H30N6O3S. The summed E-state index contributed by atoms with van der Waals surface area (Å²) in [7, 11) is -3.40. The highest BCUT2D eigenvalue weighted by Crippen LogP contribution is 2.29. The van der Waals surface area contributed by atoms with Crippen LogP contribution in [-0.2, 0) is 23.0 Å². The molecule has 0 radical (unpaired) electrons. The van der Waals surface area contributed by atoms with Gasteiger partial charge in [0.1, 0.15) is 6.26 Å². The first kappa shape index (κ1) is 21.6. The third-order valence-electron chi connectivity index (χ3n) is 5.67. The van der Waals surface area contributed by atoms with Crippen molar-refractivity contribution in [3.05, 3.63) is 47.9 Å². The van der Waals surface area contributed by atoms with Crippen molar-refractivity contribution in [1.82, 2.24) is 20.3 Å². The van der Waals surface area contributed by atoms with Crippen LogP contribution in [0.15, 0.2) is 46.1 Å². The number of hydrogen-bond acceptors (Lipinski definition) is 6. The van der Waals surface area contributed by atoms with Crippen LogP contribution in [-0.4, -0.2) is 80.9 Å². The molecule has 2 aromatic rings. The topological polar surface area (TPSA) is 94.3 Å². The van der Waals surface area contributed by atoms with E-state index >= 15 is 0 Å². The summed E-state index contributed by atoms with van der Waals surface area (Å²) in [5.74, 6) is 0.781. The molecular weight excluding hydrogens is 416 g/mol. The molecule has 0 bridgehead atoms. The molecule has 31 heavy (non-hydrogen) atoms. The van der Waals surface area contributed by atoms with E-state index in [9.17, 15) is 8.42 Å². The lowest BCUT2D eigenvalue weighted by molar-refractivity contribution is 0.169. The van der Waals surface area contributed by atoms with Crippen molar-refractivity contribution < 1.29 is 12.9 Å². The molecule has 168 valence electrons.